The zero-order valence-corrected chi connectivity index (χ0v) is 15.4. The van der Waals surface area contributed by atoms with Crippen molar-refractivity contribution >= 4 is 17.2 Å². The second kappa shape index (κ2) is 7.14. The average molecular weight is 355 g/mol. The molecule has 0 unspecified atom stereocenters. The lowest BCUT2D eigenvalue weighted by Gasteiger charge is -2.35. The Hall–Kier alpha value is -2.54. The van der Waals surface area contributed by atoms with Crippen molar-refractivity contribution in [3.05, 3.63) is 53.4 Å². The second-order valence-electron chi connectivity index (χ2n) is 6.76. The summed E-state index contributed by atoms with van der Waals surface area (Å²) in [7, 11) is 0. The number of benzene rings is 1. The van der Waals surface area contributed by atoms with Crippen molar-refractivity contribution in [1.29, 1.82) is 0 Å². The number of carbonyl (C=O) groups is 1. The fraction of sp³-hybridized carbons (Fsp3) is 0.333. The van der Waals surface area contributed by atoms with E-state index in [-0.39, 0.29) is 18.0 Å². The summed E-state index contributed by atoms with van der Waals surface area (Å²) in [6.07, 6.45) is 0. The van der Waals surface area contributed by atoms with Gasteiger partial charge in [0, 0.05) is 12.1 Å². The van der Waals surface area contributed by atoms with E-state index in [1.165, 1.54) is 4.80 Å². The van der Waals surface area contributed by atoms with Gasteiger partial charge in [-0.15, -0.1) is 21.5 Å². The third kappa shape index (κ3) is 4.30. The molecule has 7 heteroatoms. The van der Waals surface area contributed by atoms with Crippen LogP contribution in [0.15, 0.2) is 47.8 Å². The predicted octanol–water partition coefficient (Wildman–Crippen LogP) is 3.23. The molecule has 0 bridgehead atoms. The quantitative estimate of drug-likeness (QED) is 0.705. The van der Waals surface area contributed by atoms with Crippen LogP contribution in [0.1, 0.15) is 26.3 Å². The molecule has 0 radical (unpaired) electrons. The number of aromatic nitrogens is 4. The molecule has 0 N–H and O–H groups in total. The van der Waals surface area contributed by atoms with Gasteiger partial charge in [0.1, 0.15) is 6.54 Å². The van der Waals surface area contributed by atoms with Crippen molar-refractivity contribution in [1.82, 2.24) is 25.1 Å². The van der Waals surface area contributed by atoms with E-state index in [0.29, 0.717) is 12.4 Å². The van der Waals surface area contributed by atoms with Crippen LogP contribution in [0.25, 0.3) is 10.7 Å². The minimum absolute atomic E-state index is 0.0357. The van der Waals surface area contributed by atoms with Gasteiger partial charge >= 0.3 is 0 Å². The lowest BCUT2D eigenvalue weighted by atomic mass is 10.0. The van der Waals surface area contributed by atoms with Gasteiger partial charge in [0.25, 0.3) is 0 Å². The van der Waals surface area contributed by atoms with Crippen LogP contribution in [-0.2, 0) is 17.9 Å². The van der Waals surface area contributed by atoms with Gasteiger partial charge in [-0.2, -0.15) is 4.80 Å². The Kier molecular flexibility index (Phi) is 4.94. The molecule has 6 nitrogen and oxygen atoms in total. The highest BCUT2D eigenvalue weighted by molar-refractivity contribution is 7.13. The Morgan fingerprint density at radius 2 is 1.92 bits per heavy atom. The highest BCUT2D eigenvalue weighted by Crippen LogP contribution is 2.20. The zero-order valence-electron chi connectivity index (χ0n) is 14.6. The van der Waals surface area contributed by atoms with Crippen LogP contribution >= 0.6 is 11.3 Å². The zero-order chi connectivity index (χ0) is 17.9. The molecule has 0 spiro atoms. The molecule has 130 valence electrons. The van der Waals surface area contributed by atoms with Crippen molar-refractivity contribution in [3.8, 4) is 10.7 Å². The van der Waals surface area contributed by atoms with Gasteiger partial charge in [-0.3, -0.25) is 4.79 Å². The van der Waals surface area contributed by atoms with Crippen molar-refractivity contribution < 1.29 is 4.79 Å². The molecule has 0 aliphatic heterocycles. The van der Waals surface area contributed by atoms with Gasteiger partial charge in [0.2, 0.25) is 11.7 Å². The van der Waals surface area contributed by atoms with Crippen molar-refractivity contribution in [2.24, 2.45) is 0 Å². The van der Waals surface area contributed by atoms with Gasteiger partial charge in [0.05, 0.1) is 4.88 Å². The maximum atomic E-state index is 12.9. The standard InChI is InChI=1S/C18H21N5OS/c1-18(2,3)22(12-14-8-5-4-6-9-14)16(24)13-23-20-17(19-21-23)15-10-7-11-25-15/h4-11H,12-13H2,1-3H3. The molecule has 0 saturated carbocycles. The predicted molar refractivity (Wildman–Crippen MR) is 97.9 cm³/mol. The van der Waals surface area contributed by atoms with Gasteiger partial charge < -0.3 is 4.90 Å². The smallest absolute Gasteiger partial charge is 0.246 e. The lowest BCUT2D eigenvalue weighted by Crippen LogP contribution is -2.46. The highest BCUT2D eigenvalue weighted by Gasteiger charge is 2.27. The second-order valence-corrected chi connectivity index (χ2v) is 7.70. The minimum atomic E-state index is -0.301. The first-order valence-corrected chi connectivity index (χ1v) is 8.97. The Morgan fingerprint density at radius 1 is 1.16 bits per heavy atom. The van der Waals surface area contributed by atoms with E-state index in [1.54, 1.807) is 11.3 Å². The molecule has 0 atom stereocenters. The summed E-state index contributed by atoms with van der Waals surface area (Å²) < 4.78 is 0. The van der Waals surface area contributed by atoms with Crippen molar-refractivity contribution in [2.45, 2.75) is 39.4 Å². The normalized spacial score (nSPS) is 11.5. The van der Waals surface area contributed by atoms with Crippen LogP contribution < -0.4 is 0 Å². The summed E-state index contributed by atoms with van der Waals surface area (Å²) in [5, 5.41) is 14.3. The van der Waals surface area contributed by atoms with Crippen LogP contribution in [0.5, 0.6) is 0 Å². The Labute approximate surface area is 151 Å². The van der Waals surface area contributed by atoms with E-state index in [4.69, 9.17) is 0 Å². The van der Waals surface area contributed by atoms with Crippen LogP contribution in [0.3, 0.4) is 0 Å². The maximum Gasteiger partial charge on any atom is 0.246 e. The van der Waals surface area contributed by atoms with E-state index < -0.39 is 0 Å². The van der Waals surface area contributed by atoms with Crippen molar-refractivity contribution in [3.63, 3.8) is 0 Å². The van der Waals surface area contributed by atoms with Gasteiger partial charge in [-0.25, -0.2) is 0 Å². The van der Waals surface area contributed by atoms with Gasteiger partial charge in [-0.05, 0) is 43.0 Å². The van der Waals surface area contributed by atoms with E-state index in [9.17, 15) is 4.79 Å². The van der Waals surface area contributed by atoms with E-state index in [2.05, 4.69) is 15.4 Å². The Morgan fingerprint density at radius 3 is 2.56 bits per heavy atom. The molecule has 0 fully saturated rings. The minimum Gasteiger partial charge on any atom is -0.332 e. The number of amides is 1. The first-order chi connectivity index (χ1) is 11.9. The number of hydrogen-bond acceptors (Lipinski definition) is 5. The highest BCUT2D eigenvalue weighted by atomic mass is 32.1. The fourth-order valence-electron chi connectivity index (χ4n) is 2.49. The number of rotatable bonds is 5. The summed E-state index contributed by atoms with van der Waals surface area (Å²) in [6.45, 7) is 6.71. The first-order valence-electron chi connectivity index (χ1n) is 8.09. The molecular weight excluding hydrogens is 334 g/mol. The fourth-order valence-corrected chi connectivity index (χ4v) is 3.13. The van der Waals surface area contributed by atoms with E-state index >= 15 is 0 Å². The number of nitrogens with zero attached hydrogens (tertiary/aromatic N) is 5. The van der Waals surface area contributed by atoms with E-state index in [1.807, 2.05) is 73.5 Å². The molecule has 2 heterocycles. The number of tetrazole rings is 1. The summed E-state index contributed by atoms with van der Waals surface area (Å²) in [5.74, 6) is 0.514. The lowest BCUT2D eigenvalue weighted by molar-refractivity contribution is -0.137. The molecule has 1 aromatic carbocycles. The Balaban J connectivity index is 1.74. The molecule has 3 aromatic rings. The summed E-state index contributed by atoms with van der Waals surface area (Å²) >= 11 is 1.55. The first kappa shape index (κ1) is 17.3. The number of hydrogen-bond donors (Lipinski definition) is 0. The molecule has 0 aliphatic carbocycles. The topological polar surface area (TPSA) is 63.9 Å². The number of carbonyl (C=O) groups excluding carboxylic acids is 1. The van der Waals surface area contributed by atoms with Gasteiger partial charge in [0.15, 0.2) is 0 Å². The maximum absolute atomic E-state index is 12.9. The third-order valence-electron chi connectivity index (χ3n) is 3.77. The molecule has 25 heavy (non-hydrogen) atoms. The molecule has 0 aliphatic rings. The largest absolute Gasteiger partial charge is 0.332 e. The Bertz CT molecular complexity index is 821. The van der Waals surface area contributed by atoms with Crippen LogP contribution in [0, 0.1) is 0 Å². The third-order valence-corrected chi connectivity index (χ3v) is 4.63. The van der Waals surface area contributed by atoms with Crippen LogP contribution in [0.2, 0.25) is 0 Å². The SMILES string of the molecule is CC(C)(C)N(Cc1ccccc1)C(=O)Cn1nnc(-c2cccs2)n1. The van der Waals surface area contributed by atoms with Crippen molar-refractivity contribution in [2.75, 3.05) is 0 Å². The van der Waals surface area contributed by atoms with Gasteiger partial charge in [-0.1, -0.05) is 36.4 Å². The monoisotopic (exact) mass is 355 g/mol. The molecule has 1 amide bonds. The van der Waals surface area contributed by atoms with Crippen LogP contribution in [-0.4, -0.2) is 36.6 Å². The average Bonchev–Trinajstić information content (AvgIpc) is 3.23. The molecule has 0 saturated heterocycles. The molecule has 3 rings (SSSR count). The number of thiophene rings is 1. The summed E-state index contributed by atoms with van der Waals surface area (Å²) in [4.78, 5) is 17.0. The van der Waals surface area contributed by atoms with E-state index in [0.717, 1.165) is 10.4 Å². The molecule has 2 aromatic heterocycles. The summed E-state index contributed by atoms with van der Waals surface area (Å²) in [5.41, 5.74) is 0.793. The van der Waals surface area contributed by atoms with Crippen LogP contribution in [0.4, 0.5) is 0 Å². The molecular formula is C18H21N5OS. The summed E-state index contributed by atoms with van der Waals surface area (Å²) in [6, 6.07) is 13.8.